The Labute approximate surface area is 161 Å². The second-order valence-corrected chi connectivity index (χ2v) is 9.75. The first-order valence-electron chi connectivity index (χ1n) is 9.51. The van der Waals surface area contributed by atoms with Gasteiger partial charge in [0.15, 0.2) is 9.84 Å². The second kappa shape index (κ2) is 7.85. The van der Waals surface area contributed by atoms with Gasteiger partial charge in [0.05, 0.1) is 4.90 Å². The number of aromatic nitrogens is 1. The van der Waals surface area contributed by atoms with E-state index in [9.17, 15) is 13.2 Å². The molecule has 0 aliphatic heterocycles. The lowest BCUT2D eigenvalue weighted by Gasteiger charge is -2.13. The van der Waals surface area contributed by atoms with Crippen molar-refractivity contribution >= 4 is 15.4 Å². The predicted octanol–water partition coefficient (Wildman–Crippen LogP) is 4.52. The lowest BCUT2D eigenvalue weighted by Crippen LogP contribution is -2.15. The highest BCUT2D eigenvalue weighted by atomic mass is 32.2. The minimum Gasteiger partial charge on any atom is -0.322 e. The van der Waals surface area contributed by atoms with E-state index in [2.05, 4.69) is 11.1 Å². The van der Waals surface area contributed by atoms with Crippen LogP contribution in [0.4, 0.5) is 0 Å². The smallest absolute Gasteiger partial charge is 0.251 e. The fourth-order valence-corrected chi connectivity index (χ4v) is 4.31. The van der Waals surface area contributed by atoms with Crippen LogP contribution in [0.25, 0.3) is 5.57 Å². The summed E-state index contributed by atoms with van der Waals surface area (Å²) in [6, 6.07) is 10.8. The highest BCUT2D eigenvalue weighted by Gasteiger charge is 2.17. The summed E-state index contributed by atoms with van der Waals surface area (Å²) in [6.45, 7) is 4.01. The maximum Gasteiger partial charge on any atom is 0.251 e. The van der Waals surface area contributed by atoms with Crippen LogP contribution in [0, 0.1) is 5.92 Å². The standard InChI is InChI=1S/C22H27NO3S/c1-15(2)19-12-13-21(23-22(19)24)20(14-16-6-4-5-7-16)17-8-10-18(11-9-17)27(3,25)26/h8-16H,4-7H2,1-3H3,(H,23,24). The number of H-pyrrole nitrogens is 1. The molecule has 0 saturated heterocycles. The van der Waals surface area contributed by atoms with Crippen LogP contribution in [0.2, 0.25) is 0 Å². The Morgan fingerprint density at radius 1 is 1.07 bits per heavy atom. The van der Waals surface area contributed by atoms with Gasteiger partial charge < -0.3 is 4.98 Å². The zero-order valence-corrected chi connectivity index (χ0v) is 17.0. The van der Waals surface area contributed by atoms with E-state index in [0.717, 1.165) is 35.2 Å². The second-order valence-electron chi connectivity index (χ2n) is 7.73. The Kier molecular flexibility index (Phi) is 5.70. The Morgan fingerprint density at radius 3 is 2.22 bits per heavy atom. The molecule has 144 valence electrons. The monoisotopic (exact) mass is 385 g/mol. The van der Waals surface area contributed by atoms with Gasteiger partial charge in [-0.3, -0.25) is 4.79 Å². The number of pyridine rings is 1. The van der Waals surface area contributed by atoms with Gasteiger partial charge >= 0.3 is 0 Å². The van der Waals surface area contributed by atoms with Crippen molar-refractivity contribution in [1.82, 2.24) is 4.98 Å². The third kappa shape index (κ3) is 4.59. The largest absolute Gasteiger partial charge is 0.322 e. The van der Waals surface area contributed by atoms with Gasteiger partial charge in [0.1, 0.15) is 0 Å². The first-order valence-corrected chi connectivity index (χ1v) is 11.4. The molecule has 0 amide bonds. The zero-order chi connectivity index (χ0) is 19.6. The molecule has 1 aliphatic carbocycles. The van der Waals surface area contributed by atoms with Crippen LogP contribution in [0.3, 0.4) is 0 Å². The van der Waals surface area contributed by atoms with Gasteiger partial charge in [-0.25, -0.2) is 8.42 Å². The molecule has 1 aromatic heterocycles. The van der Waals surface area contributed by atoms with Crippen LogP contribution in [0.1, 0.15) is 62.3 Å². The molecule has 2 aromatic rings. The molecule has 0 unspecified atom stereocenters. The normalized spacial score (nSPS) is 16.2. The summed E-state index contributed by atoms with van der Waals surface area (Å²) in [5, 5.41) is 0. The quantitative estimate of drug-likeness (QED) is 0.822. The molecular weight excluding hydrogens is 358 g/mol. The minimum atomic E-state index is -3.23. The van der Waals surface area contributed by atoms with Gasteiger partial charge in [-0.05, 0) is 48.4 Å². The van der Waals surface area contributed by atoms with Gasteiger partial charge in [0.2, 0.25) is 0 Å². The maximum absolute atomic E-state index is 12.5. The summed E-state index contributed by atoms with van der Waals surface area (Å²) in [5.74, 6) is 0.655. The summed E-state index contributed by atoms with van der Waals surface area (Å²) in [4.78, 5) is 15.8. The van der Waals surface area contributed by atoms with Gasteiger partial charge in [0, 0.05) is 23.1 Å². The van der Waals surface area contributed by atoms with Gasteiger partial charge in [-0.1, -0.05) is 51.0 Å². The number of sulfone groups is 1. The highest BCUT2D eigenvalue weighted by Crippen LogP contribution is 2.32. The number of hydrogen-bond donors (Lipinski definition) is 1. The van der Waals surface area contributed by atoms with Crippen molar-refractivity contribution in [2.45, 2.75) is 50.3 Å². The molecule has 5 heteroatoms. The van der Waals surface area contributed by atoms with E-state index in [0.29, 0.717) is 10.8 Å². The molecule has 1 aromatic carbocycles. The van der Waals surface area contributed by atoms with Crippen LogP contribution in [0.15, 0.2) is 52.2 Å². The van der Waals surface area contributed by atoms with Crippen LogP contribution >= 0.6 is 0 Å². The summed E-state index contributed by atoms with van der Waals surface area (Å²) >= 11 is 0. The third-order valence-corrected chi connectivity index (χ3v) is 6.38. The number of nitrogens with one attached hydrogen (secondary N) is 1. The van der Waals surface area contributed by atoms with E-state index in [1.54, 1.807) is 12.1 Å². The molecule has 0 bridgehead atoms. The van der Waals surface area contributed by atoms with Crippen LogP contribution < -0.4 is 5.56 Å². The number of aromatic amines is 1. The Bertz CT molecular complexity index is 993. The van der Waals surface area contributed by atoms with E-state index in [1.165, 1.54) is 19.1 Å². The molecule has 1 fully saturated rings. The first-order chi connectivity index (χ1) is 12.8. The lowest BCUT2D eigenvalue weighted by molar-refractivity contribution is 0.602. The molecular formula is C22H27NO3S. The average Bonchev–Trinajstić information content (AvgIpc) is 3.12. The van der Waals surface area contributed by atoms with Gasteiger partial charge in [-0.15, -0.1) is 0 Å². The van der Waals surface area contributed by atoms with Crippen molar-refractivity contribution in [1.29, 1.82) is 0 Å². The molecule has 1 saturated carbocycles. The molecule has 0 radical (unpaired) electrons. The minimum absolute atomic E-state index is 0.0624. The summed E-state index contributed by atoms with van der Waals surface area (Å²) in [5.41, 5.74) is 3.37. The average molecular weight is 386 g/mol. The molecule has 1 heterocycles. The van der Waals surface area contributed by atoms with Crippen LogP contribution in [-0.4, -0.2) is 19.7 Å². The van der Waals surface area contributed by atoms with Crippen molar-refractivity contribution in [2.24, 2.45) is 5.92 Å². The SMILES string of the molecule is CC(C)c1ccc(C(=CC2CCCC2)c2ccc(S(C)(=O)=O)cc2)[nH]c1=O. The van der Waals surface area contributed by atoms with E-state index < -0.39 is 9.84 Å². The Morgan fingerprint density at radius 2 is 1.70 bits per heavy atom. The number of benzene rings is 1. The van der Waals surface area contributed by atoms with Crippen LogP contribution in [-0.2, 0) is 9.84 Å². The number of hydrogen-bond acceptors (Lipinski definition) is 3. The molecule has 1 aliphatic rings. The Hall–Kier alpha value is -2.14. The van der Waals surface area contributed by atoms with E-state index in [1.807, 2.05) is 38.1 Å². The fourth-order valence-electron chi connectivity index (χ4n) is 3.68. The van der Waals surface area contributed by atoms with Crippen LogP contribution in [0.5, 0.6) is 0 Å². The van der Waals surface area contributed by atoms with Crippen molar-refractivity contribution in [2.75, 3.05) is 6.26 Å². The van der Waals surface area contributed by atoms with Gasteiger partial charge in [-0.2, -0.15) is 0 Å². The summed E-state index contributed by atoms with van der Waals surface area (Å²) < 4.78 is 23.5. The molecule has 4 nitrogen and oxygen atoms in total. The Balaban J connectivity index is 2.07. The molecule has 3 rings (SSSR count). The predicted molar refractivity (Wildman–Crippen MR) is 110 cm³/mol. The van der Waals surface area contributed by atoms with Crippen molar-refractivity contribution in [3.63, 3.8) is 0 Å². The number of allylic oxidation sites excluding steroid dienone is 1. The molecule has 1 N–H and O–H groups in total. The molecule has 0 atom stereocenters. The third-order valence-electron chi connectivity index (χ3n) is 5.25. The van der Waals surface area contributed by atoms with E-state index in [-0.39, 0.29) is 11.5 Å². The summed E-state index contributed by atoms with van der Waals surface area (Å²) in [6.07, 6.45) is 8.20. The van der Waals surface area contributed by atoms with E-state index in [4.69, 9.17) is 0 Å². The zero-order valence-electron chi connectivity index (χ0n) is 16.2. The summed E-state index contributed by atoms with van der Waals surface area (Å²) in [7, 11) is -3.23. The van der Waals surface area contributed by atoms with Crippen molar-refractivity contribution in [3.05, 3.63) is 69.6 Å². The highest BCUT2D eigenvalue weighted by molar-refractivity contribution is 7.90. The maximum atomic E-state index is 12.5. The topological polar surface area (TPSA) is 67.0 Å². The van der Waals surface area contributed by atoms with E-state index >= 15 is 0 Å². The lowest BCUT2D eigenvalue weighted by atomic mass is 9.95. The van der Waals surface area contributed by atoms with Crippen molar-refractivity contribution < 1.29 is 8.42 Å². The first kappa shape index (κ1) is 19.6. The van der Waals surface area contributed by atoms with Crippen molar-refractivity contribution in [3.8, 4) is 0 Å². The molecule has 0 spiro atoms. The number of rotatable bonds is 5. The fraction of sp³-hybridized carbons (Fsp3) is 0.409. The van der Waals surface area contributed by atoms with Gasteiger partial charge in [0.25, 0.3) is 5.56 Å². The molecule has 27 heavy (non-hydrogen) atoms.